The minimum Gasteiger partial charge on any atom is -0.464 e. The van der Waals surface area contributed by atoms with Crippen LogP contribution < -0.4 is 5.73 Å². The summed E-state index contributed by atoms with van der Waals surface area (Å²) in [7, 11) is -3.54. The molecular weight excluding hydrogens is 252 g/mol. The highest BCUT2D eigenvalue weighted by Gasteiger charge is 2.27. The smallest absolute Gasteiger partial charge is 0.246 e. The minimum absolute atomic E-state index is 0.184. The largest absolute Gasteiger partial charge is 0.464 e. The highest BCUT2D eigenvalue weighted by atomic mass is 32.2. The fourth-order valence-corrected chi connectivity index (χ4v) is 3.38. The molecule has 2 N–H and O–H groups in total. The average molecular weight is 272 g/mol. The van der Waals surface area contributed by atoms with Crippen molar-refractivity contribution in [1.29, 1.82) is 0 Å². The van der Waals surface area contributed by atoms with Crippen molar-refractivity contribution in [3.8, 4) is 0 Å². The summed E-state index contributed by atoms with van der Waals surface area (Å²) in [6, 6.07) is 1.49. The average Bonchev–Trinajstić information content (AvgIpc) is 2.67. The first-order valence-electron chi connectivity index (χ1n) is 5.76. The van der Waals surface area contributed by atoms with Gasteiger partial charge in [0.05, 0.1) is 6.54 Å². The van der Waals surface area contributed by atoms with Crippen LogP contribution in [0.5, 0.6) is 0 Å². The van der Waals surface area contributed by atoms with Crippen molar-refractivity contribution in [2.45, 2.75) is 32.2 Å². The molecule has 0 amide bonds. The second-order valence-electron chi connectivity index (χ2n) is 4.23. The van der Waals surface area contributed by atoms with Gasteiger partial charge in [0, 0.05) is 19.2 Å². The molecule has 18 heavy (non-hydrogen) atoms. The van der Waals surface area contributed by atoms with E-state index in [9.17, 15) is 8.42 Å². The predicted octanol–water partition coefficient (Wildman–Crippen LogP) is 1.63. The normalized spacial score (nSPS) is 12.1. The molecule has 0 aromatic carbocycles. The molecule has 6 heteroatoms. The van der Waals surface area contributed by atoms with E-state index in [4.69, 9.17) is 10.2 Å². The maximum Gasteiger partial charge on any atom is 0.246 e. The zero-order valence-corrected chi connectivity index (χ0v) is 11.9. The van der Waals surface area contributed by atoms with Gasteiger partial charge < -0.3 is 10.2 Å². The minimum atomic E-state index is -3.54. The quantitative estimate of drug-likeness (QED) is 0.799. The van der Waals surface area contributed by atoms with Crippen molar-refractivity contribution < 1.29 is 12.8 Å². The van der Waals surface area contributed by atoms with E-state index in [0.717, 1.165) is 5.57 Å². The second kappa shape index (κ2) is 5.69. The molecule has 0 aliphatic rings. The molecule has 0 saturated carbocycles. The van der Waals surface area contributed by atoms with Gasteiger partial charge in [0.25, 0.3) is 0 Å². The van der Waals surface area contributed by atoms with Gasteiger partial charge in [0.2, 0.25) is 10.0 Å². The van der Waals surface area contributed by atoms with Gasteiger partial charge in [-0.15, -0.1) is 0 Å². The number of aryl methyl sites for hydroxylation is 1. The SMILES string of the molecule is C=C(C)CN(CC)S(=O)(=O)c1cc(CN)oc1C. The maximum atomic E-state index is 12.4. The van der Waals surface area contributed by atoms with Crippen molar-refractivity contribution >= 4 is 10.0 Å². The number of furan rings is 1. The van der Waals surface area contributed by atoms with Crippen LogP contribution in [0.1, 0.15) is 25.4 Å². The van der Waals surface area contributed by atoms with Crippen molar-refractivity contribution in [1.82, 2.24) is 4.31 Å². The number of hydrogen-bond acceptors (Lipinski definition) is 4. The van der Waals surface area contributed by atoms with E-state index >= 15 is 0 Å². The molecule has 0 aliphatic carbocycles. The van der Waals surface area contributed by atoms with Gasteiger partial charge in [-0.25, -0.2) is 8.42 Å². The lowest BCUT2D eigenvalue weighted by atomic mass is 10.3. The number of sulfonamides is 1. The Morgan fingerprint density at radius 1 is 1.56 bits per heavy atom. The van der Waals surface area contributed by atoms with Gasteiger partial charge in [-0.2, -0.15) is 4.31 Å². The summed E-state index contributed by atoms with van der Waals surface area (Å²) in [5, 5.41) is 0. The molecule has 1 aromatic heterocycles. The Bertz CT molecular complexity index is 532. The first-order chi connectivity index (χ1) is 8.32. The zero-order valence-electron chi connectivity index (χ0n) is 11.1. The van der Waals surface area contributed by atoms with Crippen LogP contribution in [0.3, 0.4) is 0 Å². The lowest BCUT2D eigenvalue weighted by molar-refractivity contribution is 0.446. The van der Waals surface area contributed by atoms with Gasteiger partial charge >= 0.3 is 0 Å². The van der Waals surface area contributed by atoms with Gasteiger partial charge in [-0.1, -0.05) is 19.1 Å². The molecule has 0 unspecified atom stereocenters. The molecule has 0 fully saturated rings. The second-order valence-corrected chi connectivity index (χ2v) is 6.13. The fraction of sp³-hybridized carbons (Fsp3) is 0.500. The van der Waals surface area contributed by atoms with E-state index in [2.05, 4.69) is 6.58 Å². The molecule has 102 valence electrons. The van der Waals surface area contributed by atoms with Gasteiger partial charge in [-0.05, 0) is 13.8 Å². The van der Waals surface area contributed by atoms with E-state index in [0.29, 0.717) is 24.6 Å². The third-order valence-corrected chi connectivity index (χ3v) is 4.57. The van der Waals surface area contributed by atoms with Crippen molar-refractivity contribution in [2.75, 3.05) is 13.1 Å². The first-order valence-corrected chi connectivity index (χ1v) is 7.20. The molecule has 0 bridgehead atoms. The van der Waals surface area contributed by atoms with Crippen molar-refractivity contribution in [2.24, 2.45) is 5.73 Å². The van der Waals surface area contributed by atoms with E-state index < -0.39 is 10.0 Å². The van der Waals surface area contributed by atoms with Gasteiger partial charge in [-0.3, -0.25) is 0 Å². The lowest BCUT2D eigenvalue weighted by Gasteiger charge is -2.19. The molecule has 5 nitrogen and oxygen atoms in total. The monoisotopic (exact) mass is 272 g/mol. The predicted molar refractivity (Wildman–Crippen MR) is 70.6 cm³/mol. The van der Waals surface area contributed by atoms with Gasteiger partial charge in [0.15, 0.2) is 0 Å². The third-order valence-electron chi connectivity index (χ3n) is 2.54. The Balaban J connectivity index is 3.18. The van der Waals surface area contributed by atoms with Crippen LogP contribution in [-0.2, 0) is 16.6 Å². The molecule has 0 aliphatic heterocycles. The van der Waals surface area contributed by atoms with E-state index in [-0.39, 0.29) is 11.4 Å². The first kappa shape index (κ1) is 14.9. The number of rotatable bonds is 6. The summed E-state index contributed by atoms with van der Waals surface area (Å²) in [6.45, 7) is 9.84. The molecule has 0 spiro atoms. The van der Waals surface area contributed by atoms with Crippen LogP contribution in [0.15, 0.2) is 27.5 Å². The Morgan fingerprint density at radius 3 is 2.56 bits per heavy atom. The third kappa shape index (κ3) is 3.01. The van der Waals surface area contributed by atoms with E-state index in [1.54, 1.807) is 20.8 Å². The van der Waals surface area contributed by atoms with Crippen LogP contribution in [0.25, 0.3) is 0 Å². The van der Waals surface area contributed by atoms with Crippen LogP contribution in [0.2, 0.25) is 0 Å². The van der Waals surface area contributed by atoms with Crippen molar-refractivity contribution in [3.05, 3.63) is 29.7 Å². The molecular formula is C12H20N2O3S. The summed E-state index contributed by atoms with van der Waals surface area (Å²) in [6.07, 6.45) is 0. The number of hydrogen-bond donors (Lipinski definition) is 1. The summed E-state index contributed by atoms with van der Waals surface area (Å²) in [5.74, 6) is 0.841. The number of nitrogens with zero attached hydrogens (tertiary/aromatic N) is 1. The zero-order chi connectivity index (χ0) is 13.9. The lowest BCUT2D eigenvalue weighted by Crippen LogP contribution is -2.32. The Hall–Kier alpha value is -1.11. The fourth-order valence-electron chi connectivity index (χ4n) is 1.69. The van der Waals surface area contributed by atoms with Crippen LogP contribution in [0, 0.1) is 6.92 Å². The highest BCUT2D eigenvalue weighted by molar-refractivity contribution is 7.89. The standard InChI is InChI=1S/C12H20N2O3S/c1-5-14(8-9(2)3)18(15,16)12-6-11(7-13)17-10(12)4/h6H,2,5,7-8,13H2,1,3-4H3. The van der Waals surface area contributed by atoms with E-state index in [1.165, 1.54) is 10.4 Å². The van der Waals surface area contributed by atoms with Crippen LogP contribution in [-0.4, -0.2) is 25.8 Å². The molecule has 0 atom stereocenters. The van der Waals surface area contributed by atoms with Crippen LogP contribution in [0.4, 0.5) is 0 Å². The molecule has 0 radical (unpaired) electrons. The Morgan fingerprint density at radius 2 is 2.17 bits per heavy atom. The molecule has 1 aromatic rings. The topological polar surface area (TPSA) is 76.5 Å². The highest BCUT2D eigenvalue weighted by Crippen LogP contribution is 2.23. The Labute approximate surface area is 108 Å². The summed E-state index contributed by atoms with van der Waals surface area (Å²) in [4.78, 5) is 0.186. The Kier molecular flexibility index (Phi) is 4.72. The maximum absolute atomic E-state index is 12.4. The number of nitrogens with two attached hydrogens (primary N) is 1. The molecule has 1 heterocycles. The molecule has 1 rings (SSSR count). The van der Waals surface area contributed by atoms with Crippen LogP contribution >= 0.6 is 0 Å². The summed E-state index contributed by atoms with van der Waals surface area (Å²) < 4.78 is 31.5. The molecule has 0 saturated heterocycles. The summed E-state index contributed by atoms with van der Waals surface area (Å²) >= 11 is 0. The summed E-state index contributed by atoms with van der Waals surface area (Å²) in [5.41, 5.74) is 6.24. The van der Waals surface area contributed by atoms with Gasteiger partial charge in [0.1, 0.15) is 16.4 Å². The number of likely N-dealkylation sites (N-methyl/N-ethyl adjacent to an activating group) is 1. The van der Waals surface area contributed by atoms with Crippen molar-refractivity contribution in [3.63, 3.8) is 0 Å². The van der Waals surface area contributed by atoms with E-state index in [1.807, 2.05) is 0 Å².